The van der Waals surface area contributed by atoms with Crippen molar-refractivity contribution in [3.63, 3.8) is 0 Å². The van der Waals surface area contributed by atoms with Crippen LogP contribution in [0.1, 0.15) is 69.4 Å². The molecule has 1 N–H and O–H groups in total. The number of benzene rings is 1. The maximum atomic E-state index is 13.5. The fourth-order valence-corrected chi connectivity index (χ4v) is 5.19. The SMILES string of the molecule is CCOC(=O)c1nc2c3c([nH]c(C(=O)OCC)c(C(=O)OCC)c3c([N+](=O)[O-])c3cc(-c4ccc(Cl)cc4)nn32)c1C(=O)OCC. The summed E-state index contributed by atoms with van der Waals surface area (Å²) >= 11 is 6.06. The number of carbonyl (C=O) groups excluding carboxylic acids is 4. The molecule has 238 valence electrons. The lowest BCUT2D eigenvalue weighted by atomic mass is 9.97. The molecule has 0 unspecified atom stereocenters. The van der Waals surface area contributed by atoms with E-state index in [0.717, 1.165) is 4.52 Å². The van der Waals surface area contributed by atoms with Gasteiger partial charge in [0.1, 0.15) is 22.3 Å². The Bertz CT molecular complexity index is 2070. The summed E-state index contributed by atoms with van der Waals surface area (Å²) in [6.07, 6.45) is 0. The number of nitro groups is 1. The van der Waals surface area contributed by atoms with Crippen LogP contribution in [0.2, 0.25) is 5.02 Å². The number of hydrogen-bond donors (Lipinski definition) is 1. The van der Waals surface area contributed by atoms with Crippen molar-refractivity contribution < 1.29 is 43.0 Å². The summed E-state index contributed by atoms with van der Waals surface area (Å²) in [5.74, 6) is -4.26. The highest BCUT2D eigenvalue weighted by molar-refractivity contribution is 6.30. The third-order valence-corrected chi connectivity index (χ3v) is 7.05. The second kappa shape index (κ2) is 12.8. The molecule has 0 radical (unpaired) electrons. The van der Waals surface area contributed by atoms with E-state index in [2.05, 4.69) is 15.1 Å². The van der Waals surface area contributed by atoms with Gasteiger partial charge in [-0.05, 0) is 45.9 Å². The van der Waals surface area contributed by atoms with E-state index in [0.29, 0.717) is 10.6 Å². The quantitative estimate of drug-likeness (QED) is 0.0887. The van der Waals surface area contributed by atoms with Crippen LogP contribution in [0.3, 0.4) is 0 Å². The van der Waals surface area contributed by atoms with E-state index < -0.39 is 62.4 Å². The molecule has 0 spiro atoms. The van der Waals surface area contributed by atoms with Crippen molar-refractivity contribution in [3.05, 3.63) is 68.0 Å². The number of aromatic nitrogens is 4. The van der Waals surface area contributed by atoms with E-state index in [9.17, 15) is 29.3 Å². The molecule has 0 saturated heterocycles. The topological polar surface area (TPSA) is 194 Å². The number of nitrogens with one attached hydrogen (secondary N) is 1. The van der Waals surface area contributed by atoms with Crippen molar-refractivity contribution in [2.45, 2.75) is 27.7 Å². The standard InChI is InChI=1S/C30H26ClN5O10/c1-5-43-27(37)20-18-19-22(32-23(20)29(39)45-7-3)21(28(38)44-6-2)24(30(40)46-8-4)33-26(19)35-17(25(18)36(41)42)13-16(34-35)14-9-11-15(31)12-10-14/h9-13,32H,5-8H2,1-4H3. The first kappa shape index (κ1) is 31.8. The maximum absolute atomic E-state index is 13.5. The highest BCUT2D eigenvalue weighted by atomic mass is 35.5. The summed E-state index contributed by atoms with van der Waals surface area (Å²) in [6, 6.07) is 7.87. The number of ether oxygens (including phenoxy) is 4. The van der Waals surface area contributed by atoms with E-state index in [1.807, 2.05) is 0 Å². The van der Waals surface area contributed by atoms with Crippen LogP contribution in [0.25, 0.3) is 38.7 Å². The molecule has 0 aliphatic rings. The predicted octanol–water partition coefficient (Wildman–Crippen LogP) is 5.30. The highest BCUT2D eigenvalue weighted by Gasteiger charge is 2.37. The van der Waals surface area contributed by atoms with Gasteiger partial charge in [-0.1, -0.05) is 23.7 Å². The van der Waals surface area contributed by atoms with Crippen LogP contribution in [-0.4, -0.2) is 74.8 Å². The summed E-state index contributed by atoms with van der Waals surface area (Å²) in [5.41, 5.74) is -2.63. The number of aromatic amines is 1. The van der Waals surface area contributed by atoms with Crippen LogP contribution in [0.15, 0.2) is 30.3 Å². The zero-order chi connectivity index (χ0) is 33.3. The molecule has 0 saturated carbocycles. The van der Waals surface area contributed by atoms with Gasteiger partial charge in [-0.15, -0.1) is 0 Å². The minimum atomic E-state index is -1.10. The number of halogens is 1. The van der Waals surface area contributed by atoms with Crippen molar-refractivity contribution in [2.75, 3.05) is 26.4 Å². The van der Waals surface area contributed by atoms with Crippen LogP contribution in [-0.2, 0) is 18.9 Å². The molecule has 0 aliphatic carbocycles. The normalized spacial score (nSPS) is 11.2. The number of rotatable bonds is 10. The number of nitrogens with zero attached hydrogens (tertiary/aromatic N) is 4. The van der Waals surface area contributed by atoms with E-state index in [1.54, 1.807) is 31.2 Å². The monoisotopic (exact) mass is 651 g/mol. The Labute approximate surface area is 264 Å². The molecule has 16 heteroatoms. The Morgan fingerprint density at radius 1 is 0.848 bits per heavy atom. The van der Waals surface area contributed by atoms with E-state index in [1.165, 1.54) is 26.8 Å². The molecule has 0 aliphatic heterocycles. The lowest BCUT2D eigenvalue weighted by Crippen LogP contribution is -2.22. The summed E-state index contributed by atoms with van der Waals surface area (Å²) in [6.45, 7) is 5.61. The largest absolute Gasteiger partial charge is 0.462 e. The van der Waals surface area contributed by atoms with Gasteiger partial charge in [0.2, 0.25) is 0 Å². The van der Waals surface area contributed by atoms with Crippen LogP contribution >= 0.6 is 11.6 Å². The molecule has 0 bridgehead atoms. The van der Waals surface area contributed by atoms with Crippen molar-refractivity contribution >= 4 is 68.6 Å². The predicted molar refractivity (Wildman–Crippen MR) is 163 cm³/mol. The molecular formula is C30H26ClN5O10. The van der Waals surface area contributed by atoms with Crippen molar-refractivity contribution in [3.8, 4) is 11.3 Å². The number of fused-ring (bicyclic) bond motifs is 2. The Hall–Kier alpha value is -5.57. The van der Waals surface area contributed by atoms with Crippen LogP contribution < -0.4 is 0 Å². The van der Waals surface area contributed by atoms with E-state index in [4.69, 9.17) is 30.5 Å². The Morgan fingerprint density at radius 3 is 2.00 bits per heavy atom. The molecule has 4 aromatic heterocycles. The van der Waals surface area contributed by atoms with Gasteiger partial charge < -0.3 is 23.9 Å². The summed E-state index contributed by atoms with van der Waals surface area (Å²) in [4.78, 5) is 73.0. The third-order valence-electron chi connectivity index (χ3n) is 6.80. The lowest BCUT2D eigenvalue weighted by Gasteiger charge is -2.18. The minimum Gasteiger partial charge on any atom is -0.462 e. The fourth-order valence-electron chi connectivity index (χ4n) is 5.06. The second-order valence-electron chi connectivity index (χ2n) is 9.48. The molecule has 1 aromatic carbocycles. The zero-order valence-corrected chi connectivity index (χ0v) is 25.7. The van der Waals surface area contributed by atoms with Crippen LogP contribution in [0, 0.1) is 10.1 Å². The van der Waals surface area contributed by atoms with Gasteiger partial charge in [0.05, 0.1) is 53.3 Å². The number of hydrogen-bond acceptors (Lipinski definition) is 12. The average molecular weight is 652 g/mol. The number of carbonyl (C=O) groups is 4. The Kier molecular flexibility index (Phi) is 8.87. The van der Waals surface area contributed by atoms with Gasteiger partial charge in [-0.3, -0.25) is 10.1 Å². The molecule has 4 heterocycles. The summed E-state index contributed by atoms with van der Waals surface area (Å²) < 4.78 is 22.0. The van der Waals surface area contributed by atoms with Gasteiger partial charge in [-0.25, -0.2) is 28.7 Å². The van der Waals surface area contributed by atoms with Gasteiger partial charge in [-0.2, -0.15) is 5.10 Å². The fraction of sp³-hybridized carbons (Fsp3) is 0.267. The first-order valence-electron chi connectivity index (χ1n) is 14.1. The first-order chi connectivity index (χ1) is 22.1. The molecular weight excluding hydrogens is 626 g/mol. The molecule has 0 atom stereocenters. The van der Waals surface area contributed by atoms with Crippen LogP contribution in [0.5, 0.6) is 0 Å². The third kappa shape index (κ3) is 5.34. The lowest BCUT2D eigenvalue weighted by molar-refractivity contribution is -0.381. The smallest absolute Gasteiger partial charge is 0.357 e. The zero-order valence-electron chi connectivity index (χ0n) is 25.0. The molecule has 0 amide bonds. The van der Waals surface area contributed by atoms with Gasteiger partial charge in [0.25, 0.3) is 0 Å². The number of H-pyrrole nitrogens is 1. The highest BCUT2D eigenvalue weighted by Crippen LogP contribution is 2.42. The van der Waals surface area contributed by atoms with Crippen molar-refractivity contribution in [1.82, 2.24) is 19.6 Å². The summed E-state index contributed by atoms with van der Waals surface area (Å²) in [5, 5.41) is 17.3. The Morgan fingerprint density at radius 2 is 1.41 bits per heavy atom. The van der Waals surface area contributed by atoms with E-state index in [-0.39, 0.29) is 54.2 Å². The Balaban J connectivity index is 2.12. The first-order valence-corrected chi connectivity index (χ1v) is 14.5. The van der Waals surface area contributed by atoms with E-state index >= 15 is 0 Å². The van der Waals surface area contributed by atoms with Gasteiger partial charge in [0.15, 0.2) is 11.3 Å². The van der Waals surface area contributed by atoms with Crippen LogP contribution in [0.4, 0.5) is 5.69 Å². The average Bonchev–Trinajstić information content (AvgIpc) is 3.46. The molecule has 5 rings (SSSR count). The minimum absolute atomic E-state index is 0.0893. The number of esters is 4. The van der Waals surface area contributed by atoms with Crippen molar-refractivity contribution in [1.29, 1.82) is 0 Å². The summed E-state index contributed by atoms with van der Waals surface area (Å²) in [7, 11) is 0. The number of pyridine rings is 3. The molecule has 46 heavy (non-hydrogen) atoms. The second-order valence-corrected chi connectivity index (χ2v) is 9.92. The van der Waals surface area contributed by atoms with Crippen molar-refractivity contribution in [2.24, 2.45) is 0 Å². The van der Waals surface area contributed by atoms with Gasteiger partial charge >= 0.3 is 29.6 Å². The van der Waals surface area contributed by atoms with Gasteiger partial charge in [0, 0.05) is 10.6 Å². The molecule has 0 fully saturated rings. The molecule has 5 aromatic rings. The molecule has 15 nitrogen and oxygen atoms in total. The maximum Gasteiger partial charge on any atom is 0.357 e.